The Balaban J connectivity index is 1.49. The second-order valence-corrected chi connectivity index (χ2v) is 8.96. The number of rotatable bonds is 8. The molecule has 4 aromatic rings. The van der Waals surface area contributed by atoms with Crippen molar-refractivity contribution < 1.29 is 24.2 Å². The number of ether oxygens (including phenoxy) is 2. The van der Waals surface area contributed by atoms with E-state index in [4.69, 9.17) is 9.47 Å². The van der Waals surface area contributed by atoms with E-state index < -0.39 is 17.7 Å². The zero-order valence-electron chi connectivity index (χ0n) is 20.8. The van der Waals surface area contributed by atoms with Crippen LogP contribution in [0.3, 0.4) is 0 Å². The lowest BCUT2D eigenvalue weighted by Crippen LogP contribution is -2.21. The van der Waals surface area contributed by atoms with Crippen molar-refractivity contribution in [3.63, 3.8) is 0 Å². The zero-order valence-corrected chi connectivity index (χ0v) is 20.8. The van der Waals surface area contributed by atoms with Crippen LogP contribution in [0.4, 0.5) is 11.4 Å². The number of carbonyl (C=O) groups is 2. The van der Waals surface area contributed by atoms with Crippen LogP contribution in [0.15, 0.2) is 65.5 Å². The number of H-pyrrole nitrogens is 1. The lowest BCUT2D eigenvalue weighted by Gasteiger charge is -2.14. The first kappa shape index (κ1) is 25.1. The third-order valence-corrected chi connectivity index (χ3v) is 6.34. The minimum atomic E-state index is -0.852. The summed E-state index contributed by atoms with van der Waals surface area (Å²) in [6.07, 6.45) is -0.671. The van der Waals surface area contributed by atoms with E-state index in [-0.39, 0.29) is 11.8 Å². The van der Waals surface area contributed by atoms with Crippen LogP contribution >= 0.6 is 0 Å². The first-order chi connectivity index (χ1) is 18.3. The monoisotopic (exact) mass is 514 g/mol. The van der Waals surface area contributed by atoms with Gasteiger partial charge in [0.1, 0.15) is 18.3 Å². The van der Waals surface area contributed by atoms with Crippen LogP contribution in [-0.4, -0.2) is 47.2 Å². The Morgan fingerprint density at radius 2 is 1.95 bits per heavy atom. The number of fused-ring (bicyclic) bond motifs is 2. The lowest BCUT2D eigenvalue weighted by atomic mass is 9.92. The molecule has 4 N–H and O–H groups in total. The van der Waals surface area contributed by atoms with Crippen molar-refractivity contribution >= 4 is 34.1 Å². The van der Waals surface area contributed by atoms with Crippen LogP contribution in [0, 0.1) is 0 Å². The summed E-state index contributed by atoms with van der Waals surface area (Å²) < 4.78 is 10.6. The van der Waals surface area contributed by atoms with Crippen molar-refractivity contribution in [3.8, 4) is 5.75 Å². The fourth-order valence-electron chi connectivity index (χ4n) is 4.48. The number of aliphatic hydroxyl groups excluding tert-OH is 1. The highest BCUT2D eigenvalue weighted by atomic mass is 16.5. The van der Waals surface area contributed by atoms with Crippen molar-refractivity contribution in [3.05, 3.63) is 93.5 Å². The van der Waals surface area contributed by atoms with E-state index in [2.05, 4.69) is 20.6 Å². The van der Waals surface area contributed by atoms with E-state index in [0.717, 1.165) is 0 Å². The molecule has 2 atom stereocenters. The quantitative estimate of drug-likeness (QED) is 0.264. The normalized spacial score (nSPS) is 15.1. The maximum absolute atomic E-state index is 13.1. The molecule has 0 spiro atoms. The predicted octanol–water partition coefficient (Wildman–Crippen LogP) is 3.34. The third-order valence-electron chi connectivity index (χ3n) is 6.34. The predicted molar refractivity (Wildman–Crippen MR) is 142 cm³/mol. The van der Waals surface area contributed by atoms with Gasteiger partial charge in [0.25, 0.3) is 5.91 Å². The molecule has 2 amide bonds. The number of carbonyl (C=O) groups excluding carboxylic acids is 2. The fraction of sp³-hybridized carbons (Fsp3) is 0.214. The number of anilines is 2. The number of nitrogens with zero attached hydrogens (tertiary/aromatic N) is 1. The number of aromatic amines is 1. The number of hydrogen-bond acceptors (Lipinski definition) is 7. The molecule has 0 aliphatic carbocycles. The molecule has 1 aliphatic rings. The Morgan fingerprint density at radius 3 is 2.74 bits per heavy atom. The molecule has 3 aromatic carbocycles. The van der Waals surface area contributed by atoms with E-state index in [1.807, 2.05) is 0 Å². The number of aromatic nitrogens is 2. The molecule has 0 radical (unpaired) electrons. The van der Waals surface area contributed by atoms with Crippen molar-refractivity contribution in [2.75, 3.05) is 31.0 Å². The molecule has 38 heavy (non-hydrogen) atoms. The van der Waals surface area contributed by atoms with Gasteiger partial charge < -0.3 is 30.2 Å². The largest absolute Gasteiger partial charge is 0.491 e. The molecule has 10 heteroatoms. The molecule has 194 valence electrons. The fourth-order valence-corrected chi connectivity index (χ4v) is 4.48. The second kappa shape index (κ2) is 10.4. The molecule has 0 saturated heterocycles. The molecular weight excluding hydrogens is 488 g/mol. The molecule has 1 aromatic heterocycles. The lowest BCUT2D eigenvalue weighted by molar-refractivity contribution is -0.116. The van der Waals surface area contributed by atoms with Gasteiger partial charge in [-0.05, 0) is 60.5 Å². The van der Waals surface area contributed by atoms with Crippen LogP contribution in [0.1, 0.15) is 46.1 Å². The maximum Gasteiger partial charge on any atom is 0.345 e. The van der Waals surface area contributed by atoms with E-state index in [0.29, 0.717) is 63.6 Å². The Labute approximate surface area is 217 Å². The van der Waals surface area contributed by atoms with Gasteiger partial charge in [-0.25, -0.2) is 4.79 Å². The minimum Gasteiger partial charge on any atom is -0.491 e. The molecule has 1 aliphatic heterocycles. The van der Waals surface area contributed by atoms with Crippen molar-refractivity contribution in [1.29, 1.82) is 0 Å². The van der Waals surface area contributed by atoms with Crippen LogP contribution < -0.4 is 21.1 Å². The first-order valence-corrected chi connectivity index (χ1v) is 12.0. The summed E-state index contributed by atoms with van der Waals surface area (Å²) in [4.78, 5) is 45.4. The van der Waals surface area contributed by atoms with Gasteiger partial charge in [0, 0.05) is 41.2 Å². The number of aliphatic hydroxyl groups is 1. The number of benzene rings is 3. The third kappa shape index (κ3) is 4.99. The van der Waals surface area contributed by atoms with Crippen LogP contribution in [0.5, 0.6) is 5.75 Å². The molecule has 2 heterocycles. The molecule has 10 nitrogen and oxygen atoms in total. The minimum absolute atomic E-state index is 0.328. The average molecular weight is 515 g/mol. The number of amides is 2. The van der Waals surface area contributed by atoms with Crippen LogP contribution in [-0.2, 0) is 9.53 Å². The van der Waals surface area contributed by atoms with E-state index in [1.165, 1.54) is 0 Å². The number of methoxy groups -OCH3 is 1. The summed E-state index contributed by atoms with van der Waals surface area (Å²) in [6, 6.07) is 17.0. The molecular formula is C28H26N4O6. The summed E-state index contributed by atoms with van der Waals surface area (Å²) in [5, 5.41) is 16.1. The van der Waals surface area contributed by atoms with E-state index in [9.17, 15) is 19.5 Å². The summed E-state index contributed by atoms with van der Waals surface area (Å²) >= 11 is 0. The average Bonchev–Trinajstić information content (AvgIpc) is 3.23. The Kier molecular flexibility index (Phi) is 6.91. The van der Waals surface area contributed by atoms with Crippen molar-refractivity contribution in [1.82, 2.24) is 9.97 Å². The summed E-state index contributed by atoms with van der Waals surface area (Å²) in [6.45, 7) is 2.39. The highest BCUT2D eigenvalue weighted by molar-refractivity contribution is 6.09. The second-order valence-electron chi connectivity index (χ2n) is 8.96. The van der Waals surface area contributed by atoms with Gasteiger partial charge in [-0.3, -0.25) is 9.59 Å². The van der Waals surface area contributed by atoms with Crippen molar-refractivity contribution in [2.24, 2.45) is 0 Å². The van der Waals surface area contributed by atoms with Gasteiger partial charge in [-0.1, -0.05) is 12.1 Å². The van der Waals surface area contributed by atoms with Gasteiger partial charge >= 0.3 is 5.69 Å². The standard InChI is InChI=1S/C28H26N4O6/c1-15(33)16-4-3-5-18(12-16)29-26(34)17-6-9-22-21(13-17)24(27(35)30-22)25-20-8-7-19(38-11-10-37-2)14-23(20)31-28(36)32-25/h3-9,12-15,24,33H,10-11H2,1-2H3,(H,29,34)(H,30,35)(H,31,32,36). The van der Waals surface area contributed by atoms with Crippen molar-refractivity contribution in [2.45, 2.75) is 18.9 Å². The van der Waals surface area contributed by atoms with Crippen LogP contribution in [0.2, 0.25) is 0 Å². The summed E-state index contributed by atoms with van der Waals surface area (Å²) in [5.74, 6) is -1.03. The van der Waals surface area contributed by atoms with Gasteiger partial charge in [0.15, 0.2) is 0 Å². The number of nitrogens with one attached hydrogen (secondary N) is 3. The molecule has 0 fully saturated rings. The van der Waals surface area contributed by atoms with E-state index in [1.54, 1.807) is 74.7 Å². The Bertz CT molecular complexity index is 1600. The maximum atomic E-state index is 13.1. The van der Waals surface area contributed by atoms with Crippen LogP contribution in [0.25, 0.3) is 10.9 Å². The summed E-state index contributed by atoms with van der Waals surface area (Å²) in [5.41, 5.74) is 2.81. The number of hydrogen-bond donors (Lipinski definition) is 4. The SMILES string of the molecule is COCCOc1ccc2c(C3C(=O)Nc4ccc(C(=O)Nc5cccc(C(C)O)c5)cc43)[nH]c(=O)nc2c1. The Hall–Kier alpha value is -4.54. The smallest absolute Gasteiger partial charge is 0.345 e. The van der Waals surface area contributed by atoms with Gasteiger partial charge in [-0.2, -0.15) is 4.98 Å². The summed E-state index contributed by atoms with van der Waals surface area (Å²) in [7, 11) is 1.58. The molecule has 5 rings (SSSR count). The Morgan fingerprint density at radius 1 is 1.11 bits per heavy atom. The van der Waals surface area contributed by atoms with E-state index >= 15 is 0 Å². The van der Waals surface area contributed by atoms with Gasteiger partial charge in [-0.15, -0.1) is 0 Å². The molecule has 0 saturated carbocycles. The highest BCUT2D eigenvalue weighted by Crippen LogP contribution is 2.39. The van der Waals surface area contributed by atoms with Gasteiger partial charge in [0.05, 0.1) is 18.2 Å². The highest BCUT2D eigenvalue weighted by Gasteiger charge is 2.35. The van der Waals surface area contributed by atoms with Gasteiger partial charge in [0.2, 0.25) is 5.91 Å². The zero-order chi connectivity index (χ0) is 26.8. The topological polar surface area (TPSA) is 143 Å². The first-order valence-electron chi connectivity index (χ1n) is 12.0. The molecule has 2 unspecified atom stereocenters. The molecule has 0 bridgehead atoms.